The van der Waals surface area contributed by atoms with Gasteiger partial charge in [0.05, 0.1) is 12.5 Å². The topological polar surface area (TPSA) is 46.5 Å². The van der Waals surface area contributed by atoms with Crippen LogP contribution in [0.4, 0.5) is 0 Å². The molecule has 1 heterocycles. The van der Waals surface area contributed by atoms with Crippen molar-refractivity contribution >= 4 is 5.97 Å². The van der Waals surface area contributed by atoms with Crippen LogP contribution in [0.5, 0.6) is 0 Å². The van der Waals surface area contributed by atoms with Crippen molar-refractivity contribution < 1.29 is 14.6 Å². The minimum Gasteiger partial charge on any atom is -0.462 e. The molecule has 0 aromatic rings. The Labute approximate surface area is 127 Å². The monoisotopic (exact) mass is 290 g/mol. The third-order valence-corrected chi connectivity index (χ3v) is 5.24. The van der Waals surface area contributed by atoms with E-state index < -0.39 is 6.10 Å². The van der Waals surface area contributed by atoms with E-state index in [1.165, 1.54) is 43.3 Å². The van der Waals surface area contributed by atoms with Crippen LogP contribution >= 0.6 is 0 Å². The molecule has 3 atom stereocenters. The normalized spacial score (nSPS) is 33.3. The first-order valence-corrected chi connectivity index (χ1v) is 8.40. The number of carbonyl (C=O) groups is 1. The molecule has 0 amide bonds. The number of carbonyl (C=O) groups excluding carboxylic acids is 1. The lowest BCUT2D eigenvalue weighted by atomic mass is 9.73. The molecule has 2 aliphatic carbocycles. The Morgan fingerprint density at radius 2 is 2.24 bits per heavy atom. The Morgan fingerprint density at radius 3 is 3.05 bits per heavy atom. The summed E-state index contributed by atoms with van der Waals surface area (Å²) < 4.78 is 5.38. The zero-order valence-electron chi connectivity index (χ0n) is 12.9. The number of aliphatic hydroxyl groups excluding tert-OH is 1. The summed E-state index contributed by atoms with van der Waals surface area (Å²) in [7, 11) is 0. The van der Waals surface area contributed by atoms with Gasteiger partial charge in [-0.25, -0.2) is 0 Å². The summed E-state index contributed by atoms with van der Waals surface area (Å²) in [6.07, 6.45) is 10.8. The summed E-state index contributed by atoms with van der Waals surface area (Å²) in [4.78, 5) is 11.4. The molecule has 3 heteroatoms. The van der Waals surface area contributed by atoms with E-state index in [1.54, 1.807) is 5.57 Å². The molecule has 1 aliphatic heterocycles. The second-order valence-electron chi connectivity index (χ2n) is 6.83. The Kier molecular flexibility index (Phi) is 4.48. The van der Waals surface area contributed by atoms with Gasteiger partial charge in [0.2, 0.25) is 0 Å². The molecule has 1 saturated heterocycles. The number of ether oxygens (including phenoxy) is 1. The average molecular weight is 290 g/mol. The molecule has 0 aromatic heterocycles. The van der Waals surface area contributed by atoms with Crippen molar-refractivity contribution in [3.8, 4) is 0 Å². The van der Waals surface area contributed by atoms with Crippen LogP contribution in [0.2, 0.25) is 0 Å². The highest BCUT2D eigenvalue weighted by molar-refractivity contribution is 5.70. The van der Waals surface area contributed by atoms with Gasteiger partial charge in [0.15, 0.2) is 0 Å². The zero-order chi connectivity index (χ0) is 14.8. The van der Waals surface area contributed by atoms with Crippen LogP contribution in [0, 0.1) is 5.92 Å². The van der Waals surface area contributed by atoms with Gasteiger partial charge in [-0.2, -0.15) is 0 Å². The first-order valence-electron chi connectivity index (χ1n) is 8.40. The minimum absolute atomic E-state index is 0.105. The highest BCUT2D eigenvalue weighted by Crippen LogP contribution is 2.42. The maximum Gasteiger partial charge on any atom is 0.308 e. The van der Waals surface area contributed by atoms with E-state index in [2.05, 4.69) is 13.0 Å². The van der Waals surface area contributed by atoms with Crippen molar-refractivity contribution in [2.45, 2.75) is 76.9 Å². The smallest absolute Gasteiger partial charge is 0.308 e. The van der Waals surface area contributed by atoms with Gasteiger partial charge in [-0.15, -0.1) is 0 Å². The summed E-state index contributed by atoms with van der Waals surface area (Å²) in [6, 6.07) is 0. The molecule has 3 rings (SSSR count). The second kappa shape index (κ2) is 6.35. The second-order valence-corrected chi connectivity index (χ2v) is 6.83. The van der Waals surface area contributed by atoms with Crippen LogP contribution in [0.15, 0.2) is 22.8 Å². The number of fused-ring (bicyclic) bond motifs is 1. The first-order chi connectivity index (χ1) is 10.1. The highest BCUT2D eigenvalue weighted by Gasteiger charge is 2.29. The lowest BCUT2D eigenvalue weighted by molar-refractivity contribution is -0.160. The SMILES string of the molecule is CC1=C(CCC2CC(O)CC(=O)O2)C2=CCCCC2CC1. The molecule has 0 saturated carbocycles. The van der Waals surface area contributed by atoms with Crippen molar-refractivity contribution in [1.29, 1.82) is 0 Å². The van der Waals surface area contributed by atoms with E-state index in [-0.39, 0.29) is 18.5 Å². The van der Waals surface area contributed by atoms with Crippen LogP contribution in [-0.4, -0.2) is 23.3 Å². The number of aliphatic hydroxyl groups is 1. The largest absolute Gasteiger partial charge is 0.462 e. The van der Waals surface area contributed by atoms with Gasteiger partial charge in [-0.1, -0.05) is 11.6 Å². The van der Waals surface area contributed by atoms with Gasteiger partial charge >= 0.3 is 5.97 Å². The molecule has 3 aliphatic rings. The molecule has 1 fully saturated rings. The maximum atomic E-state index is 11.4. The number of hydrogen-bond acceptors (Lipinski definition) is 3. The fourth-order valence-electron chi connectivity index (χ4n) is 4.10. The minimum atomic E-state index is -0.515. The third-order valence-electron chi connectivity index (χ3n) is 5.24. The molecule has 3 unspecified atom stereocenters. The fourth-order valence-corrected chi connectivity index (χ4v) is 4.10. The molecule has 0 bridgehead atoms. The Balaban J connectivity index is 1.65. The van der Waals surface area contributed by atoms with Gasteiger partial charge in [-0.05, 0) is 68.9 Å². The van der Waals surface area contributed by atoms with E-state index in [9.17, 15) is 9.90 Å². The first kappa shape index (κ1) is 14.8. The van der Waals surface area contributed by atoms with Crippen molar-refractivity contribution in [3.05, 3.63) is 22.8 Å². The lowest BCUT2D eigenvalue weighted by Gasteiger charge is -2.33. The van der Waals surface area contributed by atoms with Gasteiger partial charge in [0.1, 0.15) is 6.10 Å². The zero-order valence-corrected chi connectivity index (χ0v) is 12.9. The van der Waals surface area contributed by atoms with Gasteiger partial charge < -0.3 is 9.84 Å². The quantitative estimate of drug-likeness (QED) is 0.807. The number of allylic oxidation sites excluding steroid dienone is 4. The number of esters is 1. The molecule has 3 nitrogen and oxygen atoms in total. The molecule has 21 heavy (non-hydrogen) atoms. The summed E-state index contributed by atoms with van der Waals surface area (Å²) in [5.74, 6) is 0.514. The van der Waals surface area contributed by atoms with Crippen molar-refractivity contribution in [2.24, 2.45) is 5.92 Å². The van der Waals surface area contributed by atoms with Crippen LogP contribution in [-0.2, 0) is 9.53 Å². The molecule has 1 N–H and O–H groups in total. The van der Waals surface area contributed by atoms with E-state index in [1.807, 2.05) is 0 Å². The standard InChI is InChI=1S/C18H26O3/c1-12-6-7-13-4-2-3-5-17(13)16(12)9-8-15-10-14(19)11-18(20)21-15/h5,13-15,19H,2-4,6-11H2,1H3. The average Bonchev–Trinajstić information content (AvgIpc) is 2.45. The van der Waals surface area contributed by atoms with E-state index in [0.717, 1.165) is 18.8 Å². The van der Waals surface area contributed by atoms with Crippen molar-refractivity contribution in [2.75, 3.05) is 0 Å². The van der Waals surface area contributed by atoms with Crippen LogP contribution < -0.4 is 0 Å². The summed E-state index contributed by atoms with van der Waals surface area (Å²) in [5, 5.41) is 9.70. The Morgan fingerprint density at radius 1 is 1.38 bits per heavy atom. The van der Waals surface area contributed by atoms with Gasteiger partial charge in [-0.3, -0.25) is 4.79 Å². The van der Waals surface area contributed by atoms with Gasteiger partial charge in [0.25, 0.3) is 0 Å². The predicted molar refractivity (Wildman–Crippen MR) is 81.7 cm³/mol. The van der Waals surface area contributed by atoms with Crippen molar-refractivity contribution in [1.82, 2.24) is 0 Å². The van der Waals surface area contributed by atoms with E-state index in [0.29, 0.717) is 6.42 Å². The molecule has 0 radical (unpaired) electrons. The van der Waals surface area contributed by atoms with Gasteiger partial charge in [0, 0.05) is 6.42 Å². The third kappa shape index (κ3) is 3.39. The lowest BCUT2D eigenvalue weighted by Crippen LogP contribution is -2.32. The van der Waals surface area contributed by atoms with Crippen LogP contribution in [0.3, 0.4) is 0 Å². The maximum absolute atomic E-state index is 11.4. The molecule has 116 valence electrons. The summed E-state index contributed by atoms with van der Waals surface area (Å²) >= 11 is 0. The Hall–Kier alpha value is -1.09. The fraction of sp³-hybridized carbons (Fsp3) is 0.722. The van der Waals surface area contributed by atoms with Crippen molar-refractivity contribution in [3.63, 3.8) is 0 Å². The molecular formula is C18H26O3. The number of cyclic esters (lactones) is 1. The molecular weight excluding hydrogens is 264 g/mol. The van der Waals surface area contributed by atoms with E-state index in [4.69, 9.17) is 4.74 Å². The number of rotatable bonds is 3. The molecule has 0 aromatic carbocycles. The van der Waals surface area contributed by atoms with Crippen LogP contribution in [0.25, 0.3) is 0 Å². The summed E-state index contributed by atoms with van der Waals surface area (Å²) in [5.41, 5.74) is 4.61. The predicted octanol–water partition coefficient (Wildman–Crippen LogP) is 3.67. The Bertz CT molecular complexity index is 475. The van der Waals surface area contributed by atoms with E-state index >= 15 is 0 Å². The summed E-state index contributed by atoms with van der Waals surface area (Å²) in [6.45, 7) is 2.25. The molecule has 0 spiro atoms. The highest BCUT2D eigenvalue weighted by atomic mass is 16.5. The van der Waals surface area contributed by atoms with Crippen LogP contribution in [0.1, 0.15) is 64.7 Å². The number of hydrogen-bond donors (Lipinski definition) is 1.